The van der Waals surface area contributed by atoms with Crippen molar-refractivity contribution in [3.8, 4) is 11.5 Å². The minimum Gasteiger partial charge on any atom is -0.508 e. The van der Waals surface area contributed by atoms with Gasteiger partial charge in [0.15, 0.2) is 0 Å². The van der Waals surface area contributed by atoms with Crippen LogP contribution in [-0.4, -0.2) is 63.7 Å². The Balaban J connectivity index is 2.11. The summed E-state index contributed by atoms with van der Waals surface area (Å²) in [5, 5.41) is 39.2. The van der Waals surface area contributed by atoms with Crippen LogP contribution >= 0.6 is 0 Å². The summed E-state index contributed by atoms with van der Waals surface area (Å²) in [5.74, 6) is -0.168. The molecule has 4 N–H and O–H groups in total. The monoisotopic (exact) mass is 328 g/mol. The molecular weight excluding hydrogens is 308 g/mol. The van der Waals surface area contributed by atoms with Gasteiger partial charge in [0.1, 0.15) is 42.5 Å². The fourth-order valence-electron chi connectivity index (χ4n) is 2.24. The summed E-state index contributed by atoms with van der Waals surface area (Å²) in [6, 6.07) is 4.35. The Labute approximate surface area is 132 Å². The van der Waals surface area contributed by atoms with Crippen LogP contribution in [0.25, 0.3) is 0 Å². The fourth-order valence-corrected chi connectivity index (χ4v) is 2.24. The zero-order valence-corrected chi connectivity index (χ0v) is 12.7. The van der Waals surface area contributed by atoms with E-state index in [4.69, 9.17) is 14.2 Å². The van der Waals surface area contributed by atoms with Crippen molar-refractivity contribution in [2.75, 3.05) is 6.61 Å². The molecule has 1 aromatic rings. The van der Waals surface area contributed by atoms with E-state index < -0.39 is 36.7 Å². The Morgan fingerprint density at radius 2 is 1.91 bits per heavy atom. The van der Waals surface area contributed by atoms with Crippen LogP contribution in [0.2, 0.25) is 0 Å². The van der Waals surface area contributed by atoms with E-state index >= 15 is 0 Å². The Morgan fingerprint density at radius 3 is 2.52 bits per heavy atom. The van der Waals surface area contributed by atoms with E-state index in [1.165, 1.54) is 25.1 Å². The van der Waals surface area contributed by atoms with Crippen LogP contribution in [0.5, 0.6) is 11.5 Å². The lowest BCUT2D eigenvalue weighted by atomic mass is 9.99. The molecule has 1 heterocycles. The predicted octanol–water partition coefficient (Wildman–Crippen LogP) is -0.550. The van der Waals surface area contributed by atoms with Crippen molar-refractivity contribution in [2.24, 2.45) is 0 Å². The van der Waals surface area contributed by atoms with E-state index in [-0.39, 0.29) is 12.4 Å². The molecule has 1 aromatic carbocycles. The molecule has 0 spiro atoms. The van der Waals surface area contributed by atoms with Crippen LogP contribution in [0.1, 0.15) is 12.5 Å². The van der Waals surface area contributed by atoms with Crippen LogP contribution in [-0.2, 0) is 14.3 Å². The molecule has 128 valence electrons. The van der Waals surface area contributed by atoms with Gasteiger partial charge in [-0.15, -0.1) is 0 Å². The molecular formula is C15H20O8. The predicted molar refractivity (Wildman–Crippen MR) is 76.8 cm³/mol. The minimum absolute atomic E-state index is 0.0585. The third-order valence-electron chi connectivity index (χ3n) is 3.52. The van der Waals surface area contributed by atoms with E-state index in [2.05, 4.69) is 0 Å². The topological polar surface area (TPSA) is 126 Å². The number of phenolic OH excluding ortho intramolecular Hbond substituents is 1. The highest BCUT2D eigenvalue weighted by Gasteiger charge is 2.45. The van der Waals surface area contributed by atoms with Crippen molar-refractivity contribution >= 4 is 5.97 Å². The highest BCUT2D eigenvalue weighted by molar-refractivity contribution is 5.65. The van der Waals surface area contributed by atoms with Crippen LogP contribution in [0.4, 0.5) is 0 Å². The van der Waals surface area contributed by atoms with Gasteiger partial charge in [-0.25, -0.2) is 0 Å². The molecule has 8 heteroatoms. The van der Waals surface area contributed by atoms with Crippen molar-refractivity contribution in [1.29, 1.82) is 0 Å². The normalized spacial score (nSPS) is 30.7. The maximum absolute atomic E-state index is 10.9. The molecule has 0 saturated carbocycles. The first-order chi connectivity index (χ1) is 10.8. The molecule has 1 saturated heterocycles. The van der Waals surface area contributed by atoms with Crippen molar-refractivity contribution in [2.45, 2.75) is 44.6 Å². The molecule has 23 heavy (non-hydrogen) atoms. The maximum atomic E-state index is 10.9. The minimum atomic E-state index is -1.52. The first-order valence-corrected chi connectivity index (χ1v) is 7.09. The largest absolute Gasteiger partial charge is 0.508 e. The second kappa shape index (κ2) is 7.14. The zero-order chi connectivity index (χ0) is 17.1. The van der Waals surface area contributed by atoms with Crippen LogP contribution in [0.3, 0.4) is 0 Å². The quantitative estimate of drug-likeness (QED) is 0.543. The summed E-state index contributed by atoms with van der Waals surface area (Å²) in [6.45, 7) is 2.61. The van der Waals surface area contributed by atoms with Gasteiger partial charge < -0.3 is 34.6 Å². The highest BCUT2D eigenvalue weighted by Crippen LogP contribution is 2.28. The number of hydrogen-bond acceptors (Lipinski definition) is 8. The number of aryl methyl sites for hydroxylation is 1. The zero-order valence-electron chi connectivity index (χ0n) is 12.7. The number of phenols is 1. The van der Waals surface area contributed by atoms with Crippen LogP contribution < -0.4 is 4.74 Å². The van der Waals surface area contributed by atoms with Gasteiger partial charge in [-0.1, -0.05) is 0 Å². The van der Waals surface area contributed by atoms with Gasteiger partial charge in [-0.2, -0.15) is 0 Å². The molecule has 0 radical (unpaired) electrons. The number of rotatable bonds is 4. The van der Waals surface area contributed by atoms with E-state index in [0.29, 0.717) is 11.3 Å². The second-order valence-corrected chi connectivity index (χ2v) is 5.38. The summed E-state index contributed by atoms with van der Waals surface area (Å²) >= 11 is 0. The Kier molecular flexibility index (Phi) is 5.42. The van der Waals surface area contributed by atoms with Crippen LogP contribution in [0, 0.1) is 6.92 Å². The molecule has 0 bridgehead atoms. The third kappa shape index (κ3) is 4.11. The molecule has 1 fully saturated rings. The molecule has 1 aliphatic rings. The number of benzene rings is 1. The first kappa shape index (κ1) is 17.5. The van der Waals surface area contributed by atoms with Crippen molar-refractivity contribution < 1.29 is 39.4 Å². The van der Waals surface area contributed by atoms with Gasteiger partial charge in [-0.05, 0) is 30.7 Å². The van der Waals surface area contributed by atoms with Gasteiger partial charge >= 0.3 is 5.97 Å². The first-order valence-electron chi connectivity index (χ1n) is 7.09. The number of esters is 1. The molecule has 8 nitrogen and oxygen atoms in total. The average Bonchev–Trinajstić information content (AvgIpc) is 2.49. The Morgan fingerprint density at radius 1 is 1.22 bits per heavy atom. The number of aliphatic hydroxyl groups excluding tert-OH is 3. The van der Waals surface area contributed by atoms with Crippen LogP contribution in [0.15, 0.2) is 18.2 Å². The number of carbonyl (C=O) groups excluding carboxylic acids is 1. The second-order valence-electron chi connectivity index (χ2n) is 5.38. The summed E-state index contributed by atoms with van der Waals surface area (Å²) in [7, 11) is 0. The number of aliphatic hydroxyl groups is 3. The highest BCUT2D eigenvalue weighted by atomic mass is 16.7. The SMILES string of the molecule is CC(=O)OC[C@H]1O[C@@H](Oc2ccc(O)cc2C)[C@H](O)[C@@H](O)[C@@H]1O. The maximum Gasteiger partial charge on any atom is 0.302 e. The standard InChI is InChI=1S/C15H20O8/c1-7-5-9(17)3-4-10(7)22-15-14(20)13(19)12(18)11(23-15)6-21-8(2)16/h3-5,11-15,17-20H,6H2,1-2H3/t11-,12-,13+,14-,15-/m1/s1. The Hall–Kier alpha value is -1.87. The third-order valence-corrected chi connectivity index (χ3v) is 3.52. The van der Waals surface area contributed by atoms with Crippen molar-refractivity contribution in [1.82, 2.24) is 0 Å². The van der Waals surface area contributed by atoms with Gasteiger partial charge in [0.2, 0.25) is 6.29 Å². The summed E-state index contributed by atoms with van der Waals surface area (Å²) in [4.78, 5) is 10.9. The lowest BCUT2D eigenvalue weighted by Gasteiger charge is -2.40. The number of carbonyl (C=O) groups is 1. The average molecular weight is 328 g/mol. The van der Waals surface area contributed by atoms with Gasteiger partial charge in [0.05, 0.1) is 0 Å². The van der Waals surface area contributed by atoms with E-state index in [1.54, 1.807) is 6.92 Å². The molecule has 2 rings (SSSR count). The fraction of sp³-hybridized carbons (Fsp3) is 0.533. The van der Waals surface area contributed by atoms with E-state index in [9.17, 15) is 25.2 Å². The van der Waals surface area contributed by atoms with Gasteiger partial charge in [-0.3, -0.25) is 4.79 Å². The van der Waals surface area contributed by atoms with Gasteiger partial charge in [0.25, 0.3) is 0 Å². The van der Waals surface area contributed by atoms with E-state index in [1.807, 2.05) is 0 Å². The molecule has 5 atom stereocenters. The summed E-state index contributed by atoms with van der Waals surface area (Å²) in [6.07, 6.45) is -6.75. The smallest absolute Gasteiger partial charge is 0.302 e. The summed E-state index contributed by atoms with van der Waals surface area (Å²) < 4.78 is 15.7. The molecule has 1 aliphatic heterocycles. The van der Waals surface area contributed by atoms with E-state index in [0.717, 1.165) is 0 Å². The van der Waals surface area contributed by atoms with Gasteiger partial charge in [0, 0.05) is 6.92 Å². The molecule has 0 aliphatic carbocycles. The molecule has 0 aromatic heterocycles. The number of aromatic hydroxyl groups is 1. The lowest BCUT2D eigenvalue weighted by molar-refractivity contribution is -0.278. The molecule has 0 unspecified atom stereocenters. The number of ether oxygens (including phenoxy) is 3. The lowest BCUT2D eigenvalue weighted by Crippen LogP contribution is -2.60. The van der Waals surface area contributed by atoms with Crippen molar-refractivity contribution in [3.05, 3.63) is 23.8 Å². The van der Waals surface area contributed by atoms with Crippen molar-refractivity contribution in [3.63, 3.8) is 0 Å². The molecule has 0 amide bonds. The Bertz CT molecular complexity index is 560. The summed E-state index contributed by atoms with van der Waals surface area (Å²) in [5.41, 5.74) is 0.595. The number of hydrogen-bond donors (Lipinski definition) is 4.